The molecule has 0 aliphatic rings. The minimum absolute atomic E-state index is 0.334. The maximum Gasteiger partial charge on any atom is 0.234 e. The first-order chi connectivity index (χ1) is 6.40. The standard InChI is InChI=1S/C7H20N6O/c1-13-4(7(12)14)2-3(5(8)9)6(10)11/h3-6,13H,2,8-11H2,1H3,(H2,12,14). The van der Waals surface area contributed by atoms with E-state index >= 15 is 0 Å². The Morgan fingerprint density at radius 1 is 1.21 bits per heavy atom. The van der Waals surface area contributed by atoms with Crippen molar-refractivity contribution >= 4 is 5.91 Å². The van der Waals surface area contributed by atoms with Crippen LogP contribution in [0.25, 0.3) is 0 Å². The maximum absolute atomic E-state index is 10.9. The van der Waals surface area contributed by atoms with E-state index in [0.717, 1.165) is 0 Å². The Hall–Kier alpha value is -0.730. The van der Waals surface area contributed by atoms with Gasteiger partial charge < -0.3 is 34.0 Å². The summed E-state index contributed by atoms with van der Waals surface area (Å²) in [4.78, 5) is 10.9. The highest BCUT2D eigenvalue weighted by Crippen LogP contribution is 2.08. The number of carbonyl (C=O) groups excluding carboxylic acids is 1. The number of amides is 1. The molecule has 0 fully saturated rings. The third kappa shape index (κ3) is 3.99. The van der Waals surface area contributed by atoms with Crippen molar-refractivity contribution < 1.29 is 4.79 Å². The molecule has 1 unspecified atom stereocenters. The van der Waals surface area contributed by atoms with Crippen molar-refractivity contribution in [3.05, 3.63) is 0 Å². The van der Waals surface area contributed by atoms with Crippen molar-refractivity contribution in [1.82, 2.24) is 5.32 Å². The summed E-state index contributed by atoms with van der Waals surface area (Å²) in [7, 11) is 1.62. The van der Waals surface area contributed by atoms with Gasteiger partial charge in [0.05, 0.1) is 18.4 Å². The summed E-state index contributed by atoms with van der Waals surface area (Å²) in [6, 6.07) is -0.510. The van der Waals surface area contributed by atoms with Crippen molar-refractivity contribution in [1.29, 1.82) is 0 Å². The van der Waals surface area contributed by atoms with Gasteiger partial charge >= 0.3 is 0 Å². The zero-order chi connectivity index (χ0) is 11.3. The molecule has 7 heteroatoms. The molecular weight excluding hydrogens is 184 g/mol. The molecule has 0 aromatic carbocycles. The Bertz CT molecular complexity index is 175. The molecule has 14 heavy (non-hydrogen) atoms. The van der Waals surface area contributed by atoms with Crippen molar-refractivity contribution in [3.63, 3.8) is 0 Å². The third-order valence-electron chi connectivity index (χ3n) is 2.19. The Labute approximate surface area is 83.3 Å². The van der Waals surface area contributed by atoms with Gasteiger partial charge in [-0.05, 0) is 13.5 Å². The van der Waals surface area contributed by atoms with Gasteiger partial charge in [0, 0.05) is 5.92 Å². The van der Waals surface area contributed by atoms with Crippen molar-refractivity contribution in [2.45, 2.75) is 24.8 Å². The zero-order valence-electron chi connectivity index (χ0n) is 8.31. The van der Waals surface area contributed by atoms with Crippen LogP contribution in [0.2, 0.25) is 0 Å². The van der Waals surface area contributed by atoms with Crippen LogP contribution < -0.4 is 34.0 Å². The molecule has 0 aromatic heterocycles. The minimum atomic E-state index is -0.662. The Kier molecular flexibility index (Phi) is 5.58. The van der Waals surface area contributed by atoms with Crippen LogP contribution in [0.3, 0.4) is 0 Å². The van der Waals surface area contributed by atoms with Gasteiger partial charge in [-0.1, -0.05) is 0 Å². The molecule has 0 aliphatic carbocycles. The summed E-state index contributed by atoms with van der Waals surface area (Å²) < 4.78 is 0. The number of rotatable bonds is 6. The van der Waals surface area contributed by atoms with Crippen LogP contribution in [0.15, 0.2) is 0 Å². The smallest absolute Gasteiger partial charge is 0.234 e. The fraction of sp³-hybridized carbons (Fsp3) is 0.857. The number of hydrogen-bond acceptors (Lipinski definition) is 6. The van der Waals surface area contributed by atoms with Gasteiger partial charge in [-0.2, -0.15) is 0 Å². The number of nitrogens with two attached hydrogens (primary N) is 5. The molecule has 1 amide bonds. The number of hydrogen-bond donors (Lipinski definition) is 6. The van der Waals surface area contributed by atoms with Gasteiger partial charge in [0.25, 0.3) is 0 Å². The fourth-order valence-electron chi connectivity index (χ4n) is 1.22. The van der Waals surface area contributed by atoms with Crippen molar-refractivity contribution in [2.24, 2.45) is 34.6 Å². The largest absolute Gasteiger partial charge is 0.368 e. The van der Waals surface area contributed by atoms with E-state index in [1.165, 1.54) is 0 Å². The van der Waals surface area contributed by atoms with Gasteiger partial charge in [0.15, 0.2) is 0 Å². The van der Waals surface area contributed by atoms with Crippen LogP contribution in [0, 0.1) is 5.92 Å². The second-order valence-electron chi connectivity index (χ2n) is 3.30. The average molecular weight is 204 g/mol. The molecule has 0 rings (SSSR count). The molecule has 0 aromatic rings. The number of primary amides is 1. The SMILES string of the molecule is CNC(CC(C(N)N)C(N)N)C(N)=O. The highest BCUT2D eigenvalue weighted by molar-refractivity contribution is 5.79. The minimum Gasteiger partial charge on any atom is -0.368 e. The molecule has 1 atom stereocenters. The molecule has 0 aliphatic heterocycles. The fourth-order valence-corrected chi connectivity index (χ4v) is 1.22. The Morgan fingerprint density at radius 2 is 1.64 bits per heavy atom. The quantitative estimate of drug-likeness (QED) is 0.247. The van der Waals surface area contributed by atoms with E-state index < -0.39 is 24.3 Å². The highest BCUT2D eigenvalue weighted by Gasteiger charge is 2.25. The van der Waals surface area contributed by atoms with Crippen LogP contribution in [-0.4, -0.2) is 31.3 Å². The summed E-state index contributed by atoms with van der Waals surface area (Å²) in [5.41, 5.74) is 27.0. The van der Waals surface area contributed by atoms with Crippen LogP contribution >= 0.6 is 0 Å². The van der Waals surface area contributed by atoms with E-state index in [9.17, 15) is 4.79 Å². The Balaban J connectivity index is 4.34. The molecule has 0 saturated heterocycles. The van der Waals surface area contributed by atoms with Gasteiger partial charge in [0.2, 0.25) is 5.91 Å². The van der Waals surface area contributed by atoms with E-state index in [2.05, 4.69) is 5.32 Å². The number of nitrogens with one attached hydrogen (secondary N) is 1. The van der Waals surface area contributed by atoms with E-state index in [4.69, 9.17) is 28.7 Å². The van der Waals surface area contributed by atoms with Crippen molar-refractivity contribution in [3.8, 4) is 0 Å². The molecule has 0 heterocycles. The van der Waals surface area contributed by atoms with Crippen molar-refractivity contribution in [2.75, 3.05) is 7.05 Å². The topological polar surface area (TPSA) is 159 Å². The third-order valence-corrected chi connectivity index (χ3v) is 2.19. The predicted molar refractivity (Wildman–Crippen MR) is 54.5 cm³/mol. The molecule has 7 nitrogen and oxygen atoms in total. The molecular formula is C7H20N6O. The maximum atomic E-state index is 10.9. The first-order valence-corrected chi connectivity index (χ1v) is 4.39. The van der Waals surface area contributed by atoms with Crippen LogP contribution in [-0.2, 0) is 4.79 Å². The predicted octanol–water partition coefficient (Wildman–Crippen LogP) is -3.45. The summed E-state index contributed by atoms with van der Waals surface area (Å²) in [5.74, 6) is -0.821. The molecule has 0 saturated carbocycles. The first kappa shape index (κ1) is 13.3. The lowest BCUT2D eigenvalue weighted by Crippen LogP contribution is -2.55. The summed E-state index contributed by atoms with van der Waals surface area (Å²) in [5, 5.41) is 2.74. The van der Waals surface area contributed by atoms with E-state index in [0.29, 0.717) is 6.42 Å². The molecule has 11 N–H and O–H groups in total. The summed E-state index contributed by atoms with van der Waals surface area (Å²) in [6.07, 6.45) is -0.989. The average Bonchev–Trinajstić information content (AvgIpc) is 2.03. The van der Waals surface area contributed by atoms with E-state index in [-0.39, 0.29) is 5.92 Å². The second kappa shape index (κ2) is 5.89. The first-order valence-electron chi connectivity index (χ1n) is 4.39. The van der Waals surface area contributed by atoms with E-state index in [1.54, 1.807) is 7.05 Å². The highest BCUT2D eigenvalue weighted by atomic mass is 16.1. The van der Waals surface area contributed by atoms with Crippen LogP contribution in [0.1, 0.15) is 6.42 Å². The van der Waals surface area contributed by atoms with Gasteiger partial charge in [0.1, 0.15) is 0 Å². The number of carbonyl (C=O) groups is 1. The lowest BCUT2D eigenvalue weighted by atomic mass is 9.94. The van der Waals surface area contributed by atoms with Gasteiger partial charge in [-0.15, -0.1) is 0 Å². The van der Waals surface area contributed by atoms with E-state index in [1.807, 2.05) is 0 Å². The van der Waals surface area contributed by atoms with Crippen LogP contribution in [0.4, 0.5) is 0 Å². The second-order valence-corrected chi connectivity index (χ2v) is 3.30. The normalized spacial score (nSPS) is 14.0. The molecule has 0 radical (unpaired) electrons. The molecule has 0 spiro atoms. The molecule has 84 valence electrons. The Morgan fingerprint density at radius 3 is 1.86 bits per heavy atom. The lowest BCUT2D eigenvalue weighted by Gasteiger charge is -2.26. The summed E-state index contributed by atoms with van der Waals surface area (Å²) >= 11 is 0. The monoisotopic (exact) mass is 204 g/mol. The van der Waals surface area contributed by atoms with Gasteiger partial charge in [-0.3, -0.25) is 4.79 Å². The number of likely N-dealkylation sites (N-methyl/N-ethyl adjacent to an activating group) is 1. The van der Waals surface area contributed by atoms with Gasteiger partial charge in [-0.25, -0.2) is 0 Å². The molecule has 0 bridgehead atoms. The lowest BCUT2D eigenvalue weighted by molar-refractivity contribution is -0.120. The summed E-state index contributed by atoms with van der Waals surface area (Å²) in [6.45, 7) is 0. The van der Waals surface area contributed by atoms with Crippen LogP contribution in [0.5, 0.6) is 0 Å². The zero-order valence-corrected chi connectivity index (χ0v) is 8.31.